The molecule has 2 aromatic heterocycles. The van der Waals surface area contributed by atoms with Gasteiger partial charge in [0.05, 0.1) is 6.20 Å². The number of carboxylic acids is 1. The first-order chi connectivity index (χ1) is 12.0. The van der Waals surface area contributed by atoms with Gasteiger partial charge in [-0.15, -0.1) is 0 Å². The first-order valence-corrected chi connectivity index (χ1v) is 8.51. The Kier molecular flexibility index (Phi) is 3.63. The van der Waals surface area contributed by atoms with Gasteiger partial charge in [-0.1, -0.05) is 5.16 Å². The summed E-state index contributed by atoms with van der Waals surface area (Å²) in [5.41, 5.74) is 0.114. The number of rotatable bonds is 4. The molecular weight excluding hydrogens is 324 g/mol. The van der Waals surface area contributed by atoms with Crippen LogP contribution in [0, 0.1) is 6.92 Å². The summed E-state index contributed by atoms with van der Waals surface area (Å²) >= 11 is 0. The lowest BCUT2D eigenvalue weighted by molar-refractivity contribution is -0.150. The molecule has 25 heavy (non-hydrogen) atoms. The van der Waals surface area contributed by atoms with Crippen molar-refractivity contribution in [3.8, 4) is 0 Å². The Labute approximate surface area is 144 Å². The minimum Gasteiger partial charge on any atom is -0.479 e. The maximum absolute atomic E-state index is 12.6. The highest BCUT2D eigenvalue weighted by Crippen LogP contribution is 2.40. The zero-order valence-corrected chi connectivity index (χ0v) is 14.0. The number of hydrogen-bond acceptors (Lipinski definition) is 5. The molecule has 8 heteroatoms. The van der Waals surface area contributed by atoms with Crippen LogP contribution >= 0.6 is 0 Å². The van der Waals surface area contributed by atoms with Crippen LogP contribution in [0.4, 0.5) is 0 Å². The lowest BCUT2D eigenvalue weighted by Gasteiger charge is -2.38. The number of aryl methyl sites for hydroxylation is 1. The van der Waals surface area contributed by atoms with Crippen LogP contribution < -0.4 is 0 Å². The van der Waals surface area contributed by atoms with Crippen molar-refractivity contribution in [2.75, 3.05) is 13.1 Å². The van der Waals surface area contributed by atoms with Crippen molar-refractivity contribution in [1.82, 2.24) is 19.8 Å². The fourth-order valence-corrected chi connectivity index (χ4v) is 3.38. The topological polar surface area (TPSA) is 101 Å². The van der Waals surface area contributed by atoms with Crippen molar-refractivity contribution in [3.05, 3.63) is 35.5 Å². The summed E-state index contributed by atoms with van der Waals surface area (Å²) in [4.78, 5) is 26.2. The zero-order valence-electron chi connectivity index (χ0n) is 14.0. The van der Waals surface area contributed by atoms with Gasteiger partial charge >= 0.3 is 5.97 Å². The maximum Gasteiger partial charge on any atom is 0.331 e. The van der Waals surface area contributed by atoms with E-state index in [9.17, 15) is 14.7 Å². The van der Waals surface area contributed by atoms with Crippen LogP contribution in [0.2, 0.25) is 0 Å². The molecule has 132 valence electrons. The van der Waals surface area contributed by atoms with Crippen LogP contribution in [0.5, 0.6) is 0 Å². The molecule has 1 aliphatic carbocycles. The van der Waals surface area contributed by atoms with Gasteiger partial charge in [0, 0.05) is 44.1 Å². The van der Waals surface area contributed by atoms with Gasteiger partial charge in [0.1, 0.15) is 5.76 Å². The van der Waals surface area contributed by atoms with E-state index in [1.165, 1.54) is 4.68 Å². The number of nitrogens with zero attached hydrogens (tertiary/aromatic N) is 4. The minimum absolute atomic E-state index is 0.203. The predicted molar refractivity (Wildman–Crippen MR) is 86.2 cm³/mol. The highest BCUT2D eigenvalue weighted by Gasteiger charge is 2.45. The molecular formula is C17H20N4O4. The molecule has 2 fully saturated rings. The smallest absolute Gasteiger partial charge is 0.331 e. The molecule has 1 saturated heterocycles. The standard InChI is InChI=1S/C17H20N4O4/c1-11-9-18-21(10-11)17(16(23)24)4-6-20(7-5-17)15(22)13-8-14(25-19-13)12-2-3-12/h8-10,12H,2-7H2,1H3,(H,23,24). The molecule has 0 bridgehead atoms. The molecule has 0 atom stereocenters. The Balaban J connectivity index is 1.49. The molecule has 0 radical (unpaired) electrons. The van der Waals surface area contributed by atoms with E-state index in [-0.39, 0.29) is 5.91 Å². The van der Waals surface area contributed by atoms with E-state index in [0.29, 0.717) is 37.5 Å². The van der Waals surface area contributed by atoms with Crippen LogP contribution in [0.1, 0.15) is 53.4 Å². The molecule has 4 rings (SSSR count). The average molecular weight is 344 g/mol. The highest BCUT2D eigenvalue weighted by molar-refractivity contribution is 5.92. The summed E-state index contributed by atoms with van der Waals surface area (Å²) in [6, 6.07) is 1.72. The van der Waals surface area contributed by atoms with Crippen molar-refractivity contribution >= 4 is 11.9 Å². The monoisotopic (exact) mass is 344 g/mol. The fraction of sp³-hybridized carbons (Fsp3) is 0.529. The summed E-state index contributed by atoms with van der Waals surface area (Å²) in [5.74, 6) is 0.0526. The van der Waals surface area contributed by atoms with Crippen molar-refractivity contribution in [1.29, 1.82) is 0 Å². The molecule has 8 nitrogen and oxygen atoms in total. The third-order valence-corrected chi connectivity index (χ3v) is 5.15. The molecule has 2 aromatic rings. The van der Waals surface area contributed by atoms with Crippen LogP contribution in [-0.2, 0) is 10.3 Å². The third-order valence-electron chi connectivity index (χ3n) is 5.15. The normalized spacial score (nSPS) is 19.8. The van der Waals surface area contributed by atoms with Gasteiger partial charge in [-0.2, -0.15) is 5.10 Å². The largest absolute Gasteiger partial charge is 0.479 e. The molecule has 0 aromatic carbocycles. The summed E-state index contributed by atoms with van der Waals surface area (Å²) in [7, 11) is 0. The quantitative estimate of drug-likeness (QED) is 0.907. The number of carbonyl (C=O) groups excluding carboxylic acids is 1. The molecule has 1 saturated carbocycles. The number of carboxylic acid groups (broad SMARTS) is 1. The number of aromatic nitrogens is 3. The van der Waals surface area contributed by atoms with Crippen molar-refractivity contribution in [2.45, 2.75) is 44.1 Å². The van der Waals surface area contributed by atoms with E-state index in [1.807, 2.05) is 6.92 Å². The van der Waals surface area contributed by atoms with Crippen LogP contribution in [0.25, 0.3) is 0 Å². The molecule has 1 N–H and O–H groups in total. The van der Waals surface area contributed by atoms with Crippen LogP contribution in [0.15, 0.2) is 23.0 Å². The van der Waals surface area contributed by atoms with Gasteiger partial charge in [-0.3, -0.25) is 9.48 Å². The van der Waals surface area contributed by atoms with Gasteiger partial charge in [0.2, 0.25) is 0 Å². The molecule has 1 aliphatic heterocycles. The van der Waals surface area contributed by atoms with Crippen molar-refractivity contribution in [3.63, 3.8) is 0 Å². The Morgan fingerprint density at radius 1 is 1.32 bits per heavy atom. The van der Waals surface area contributed by atoms with Crippen LogP contribution in [0.3, 0.4) is 0 Å². The number of piperidine rings is 1. The fourth-order valence-electron chi connectivity index (χ4n) is 3.38. The van der Waals surface area contributed by atoms with E-state index < -0.39 is 11.5 Å². The number of hydrogen-bond donors (Lipinski definition) is 1. The Hall–Kier alpha value is -2.64. The highest BCUT2D eigenvalue weighted by atomic mass is 16.5. The molecule has 3 heterocycles. The van der Waals surface area contributed by atoms with Gasteiger partial charge in [-0.25, -0.2) is 4.79 Å². The second-order valence-corrected chi connectivity index (χ2v) is 6.98. The lowest BCUT2D eigenvalue weighted by atomic mass is 9.87. The number of amides is 1. The van der Waals surface area contributed by atoms with Gasteiger partial charge in [0.15, 0.2) is 11.2 Å². The van der Waals surface area contributed by atoms with Gasteiger partial charge in [-0.05, 0) is 25.3 Å². The Bertz CT molecular complexity index is 812. The second-order valence-electron chi connectivity index (χ2n) is 6.98. The number of carbonyl (C=O) groups is 2. The third kappa shape index (κ3) is 2.71. The molecule has 0 unspecified atom stereocenters. The van der Waals surface area contributed by atoms with E-state index in [4.69, 9.17) is 4.52 Å². The lowest BCUT2D eigenvalue weighted by Crippen LogP contribution is -2.52. The summed E-state index contributed by atoms with van der Waals surface area (Å²) in [6.45, 7) is 2.56. The summed E-state index contributed by atoms with van der Waals surface area (Å²) in [6.07, 6.45) is 6.17. The van der Waals surface area contributed by atoms with Crippen LogP contribution in [-0.4, -0.2) is 49.9 Å². The Morgan fingerprint density at radius 3 is 2.60 bits per heavy atom. The van der Waals surface area contributed by atoms with E-state index in [0.717, 1.165) is 24.2 Å². The van der Waals surface area contributed by atoms with E-state index >= 15 is 0 Å². The van der Waals surface area contributed by atoms with Crippen molar-refractivity contribution in [2.24, 2.45) is 0 Å². The molecule has 0 spiro atoms. The van der Waals surface area contributed by atoms with Gasteiger partial charge in [0.25, 0.3) is 5.91 Å². The number of likely N-dealkylation sites (tertiary alicyclic amines) is 1. The predicted octanol–water partition coefficient (Wildman–Crippen LogP) is 1.77. The van der Waals surface area contributed by atoms with Gasteiger partial charge < -0.3 is 14.5 Å². The SMILES string of the molecule is Cc1cnn(C2(C(=O)O)CCN(C(=O)c3cc(C4CC4)on3)CC2)c1. The Morgan fingerprint density at radius 2 is 2.04 bits per heavy atom. The summed E-state index contributed by atoms with van der Waals surface area (Å²) < 4.78 is 6.77. The average Bonchev–Trinajstić information content (AvgIpc) is 3.17. The maximum atomic E-state index is 12.6. The first-order valence-electron chi connectivity index (χ1n) is 8.51. The zero-order chi connectivity index (χ0) is 17.6. The molecule has 1 amide bonds. The van der Waals surface area contributed by atoms with E-state index in [1.54, 1.807) is 23.4 Å². The second kappa shape index (κ2) is 5.72. The summed E-state index contributed by atoms with van der Waals surface area (Å²) in [5, 5.41) is 17.9. The number of aliphatic carboxylic acids is 1. The molecule has 2 aliphatic rings. The minimum atomic E-state index is -1.10. The van der Waals surface area contributed by atoms with E-state index in [2.05, 4.69) is 10.3 Å². The first kappa shape index (κ1) is 15.9. The van der Waals surface area contributed by atoms with Crippen molar-refractivity contribution < 1.29 is 19.2 Å².